The number of methoxy groups -OCH3 is 1. The van der Waals surface area contributed by atoms with Gasteiger partial charge in [0.2, 0.25) is 0 Å². The van der Waals surface area contributed by atoms with Crippen molar-refractivity contribution in [3.05, 3.63) is 35.1 Å². The molecule has 0 aromatic heterocycles. The molecule has 0 heterocycles. The van der Waals surface area contributed by atoms with Crippen molar-refractivity contribution in [3.8, 4) is 0 Å². The second kappa shape index (κ2) is 7.55. The lowest BCUT2D eigenvalue weighted by Crippen LogP contribution is -2.37. The minimum atomic E-state index is -0.634. The smallest absolute Gasteiger partial charge is 0.340 e. The molecule has 1 aromatic rings. The van der Waals surface area contributed by atoms with Gasteiger partial charge < -0.3 is 10.1 Å². The van der Waals surface area contributed by atoms with E-state index in [-0.39, 0.29) is 5.56 Å². The molecule has 2 atom stereocenters. The first-order valence-corrected chi connectivity index (χ1v) is 7.75. The topological polar surface area (TPSA) is 38.3 Å². The third kappa shape index (κ3) is 4.03. The van der Waals surface area contributed by atoms with Crippen LogP contribution in [0.4, 0.5) is 4.39 Å². The van der Waals surface area contributed by atoms with E-state index in [0.717, 1.165) is 11.5 Å². The maximum Gasteiger partial charge on any atom is 0.340 e. The van der Waals surface area contributed by atoms with Crippen LogP contribution in [-0.4, -0.2) is 19.1 Å². The molecule has 4 heteroatoms. The fourth-order valence-electron chi connectivity index (χ4n) is 3.16. The van der Waals surface area contributed by atoms with Gasteiger partial charge in [0.1, 0.15) is 5.82 Å². The highest BCUT2D eigenvalue weighted by molar-refractivity contribution is 5.89. The monoisotopic (exact) mass is 293 g/mol. The molecule has 2 unspecified atom stereocenters. The van der Waals surface area contributed by atoms with E-state index >= 15 is 0 Å². The molecular weight excluding hydrogens is 269 g/mol. The summed E-state index contributed by atoms with van der Waals surface area (Å²) in [6.07, 6.45) is 6.25. The average molecular weight is 293 g/mol. The van der Waals surface area contributed by atoms with Gasteiger partial charge in [0.05, 0.1) is 12.7 Å². The van der Waals surface area contributed by atoms with E-state index < -0.39 is 11.8 Å². The summed E-state index contributed by atoms with van der Waals surface area (Å²) in [7, 11) is 1.26. The summed E-state index contributed by atoms with van der Waals surface area (Å²) in [5.74, 6) is -0.430. The summed E-state index contributed by atoms with van der Waals surface area (Å²) in [6.45, 7) is 2.87. The number of halogens is 1. The van der Waals surface area contributed by atoms with Crippen LogP contribution in [0.5, 0.6) is 0 Å². The minimum absolute atomic E-state index is 0.00893. The first-order valence-electron chi connectivity index (χ1n) is 7.75. The van der Waals surface area contributed by atoms with Crippen LogP contribution >= 0.6 is 0 Å². The zero-order valence-electron chi connectivity index (χ0n) is 12.8. The lowest BCUT2D eigenvalue weighted by Gasteiger charge is -2.31. The van der Waals surface area contributed by atoms with Crippen LogP contribution in [-0.2, 0) is 11.3 Å². The summed E-state index contributed by atoms with van der Waals surface area (Å²) in [4.78, 5) is 11.4. The van der Waals surface area contributed by atoms with E-state index in [4.69, 9.17) is 0 Å². The molecule has 0 saturated heterocycles. The highest BCUT2D eigenvalue weighted by atomic mass is 19.1. The van der Waals surface area contributed by atoms with Gasteiger partial charge in [-0.2, -0.15) is 0 Å². The number of rotatable bonds is 5. The molecule has 3 nitrogen and oxygen atoms in total. The number of carbonyl (C=O) groups is 1. The van der Waals surface area contributed by atoms with Gasteiger partial charge in [-0.3, -0.25) is 0 Å². The lowest BCUT2D eigenvalue weighted by atomic mass is 9.83. The lowest BCUT2D eigenvalue weighted by molar-refractivity contribution is 0.0595. The second-order valence-corrected chi connectivity index (χ2v) is 5.75. The Kier molecular flexibility index (Phi) is 5.74. The van der Waals surface area contributed by atoms with Crippen LogP contribution in [0.3, 0.4) is 0 Å². The Morgan fingerprint density at radius 3 is 2.81 bits per heavy atom. The number of hydrogen-bond acceptors (Lipinski definition) is 3. The maximum absolute atomic E-state index is 13.9. The van der Waals surface area contributed by atoms with E-state index in [9.17, 15) is 9.18 Å². The van der Waals surface area contributed by atoms with Gasteiger partial charge in [-0.15, -0.1) is 0 Å². The van der Waals surface area contributed by atoms with E-state index in [1.165, 1.54) is 51.3 Å². The fourth-order valence-corrected chi connectivity index (χ4v) is 3.16. The van der Waals surface area contributed by atoms with Crippen molar-refractivity contribution in [2.24, 2.45) is 5.92 Å². The number of esters is 1. The first-order chi connectivity index (χ1) is 10.2. The van der Waals surface area contributed by atoms with Crippen LogP contribution in [0, 0.1) is 11.7 Å². The molecule has 0 aliphatic heterocycles. The summed E-state index contributed by atoms with van der Waals surface area (Å²) in [6, 6.07) is 5.22. The fraction of sp³-hybridized carbons (Fsp3) is 0.588. The average Bonchev–Trinajstić information content (AvgIpc) is 2.52. The summed E-state index contributed by atoms with van der Waals surface area (Å²) in [5.41, 5.74) is 0.853. The molecule has 1 saturated carbocycles. The molecule has 1 N–H and O–H groups in total. The minimum Gasteiger partial charge on any atom is -0.465 e. The van der Waals surface area contributed by atoms with Crippen LogP contribution in [0.1, 0.15) is 54.9 Å². The van der Waals surface area contributed by atoms with Crippen LogP contribution in [0.25, 0.3) is 0 Å². The van der Waals surface area contributed by atoms with Crippen LogP contribution in [0.15, 0.2) is 18.2 Å². The molecule has 1 fully saturated rings. The number of benzene rings is 1. The standard InChI is InChI=1S/C17H24FNO2/c1-3-13-6-4-5-7-16(13)19-11-12-8-9-14(15(18)10-12)17(20)21-2/h8-10,13,16,19H,3-7,11H2,1-2H3. The third-order valence-electron chi connectivity index (χ3n) is 4.44. The van der Waals surface area contributed by atoms with Crippen molar-refractivity contribution in [3.63, 3.8) is 0 Å². The maximum atomic E-state index is 13.9. The predicted molar refractivity (Wildman–Crippen MR) is 80.6 cm³/mol. The predicted octanol–water partition coefficient (Wildman–Crippen LogP) is 3.67. The van der Waals surface area contributed by atoms with Gasteiger partial charge in [0, 0.05) is 12.6 Å². The Balaban J connectivity index is 1.97. The van der Waals surface area contributed by atoms with Crippen molar-refractivity contribution >= 4 is 5.97 Å². The molecule has 1 aliphatic carbocycles. The van der Waals surface area contributed by atoms with E-state index in [1.807, 2.05) is 0 Å². The Hall–Kier alpha value is -1.42. The summed E-state index contributed by atoms with van der Waals surface area (Å²) >= 11 is 0. The first kappa shape index (κ1) is 16.0. The van der Waals surface area contributed by atoms with Crippen LogP contribution < -0.4 is 5.32 Å². The number of nitrogens with one attached hydrogen (secondary N) is 1. The molecule has 0 radical (unpaired) electrons. The van der Waals surface area contributed by atoms with Crippen molar-refractivity contribution in [2.45, 2.75) is 51.6 Å². The molecule has 1 aromatic carbocycles. The summed E-state index contributed by atoms with van der Waals surface area (Å²) in [5, 5.41) is 3.55. The normalized spacial score (nSPS) is 22.0. The van der Waals surface area contributed by atoms with E-state index in [2.05, 4.69) is 17.0 Å². The molecule has 0 bridgehead atoms. The SMILES string of the molecule is CCC1CCCCC1NCc1ccc(C(=O)OC)c(F)c1. The third-order valence-corrected chi connectivity index (χ3v) is 4.44. The van der Waals surface area contributed by atoms with Crippen molar-refractivity contribution in [2.75, 3.05) is 7.11 Å². The highest BCUT2D eigenvalue weighted by Gasteiger charge is 2.23. The Morgan fingerprint density at radius 1 is 1.38 bits per heavy atom. The summed E-state index contributed by atoms with van der Waals surface area (Å²) < 4.78 is 18.4. The number of ether oxygens (including phenoxy) is 1. The van der Waals surface area contributed by atoms with Gasteiger partial charge in [0.25, 0.3) is 0 Å². The van der Waals surface area contributed by atoms with Gasteiger partial charge in [0.15, 0.2) is 0 Å². The molecule has 21 heavy (non-hydrogen) atoms. The molecule has 0 amide bonds. The van der Waals surface area contributed by atoms with Crippen molar-refractivity contribution in [1.29, 1.82) is 0 Å². The van der Waals surface area contributed by atoms with Crippen LogP contribution in [0.2, 0.25) is 0 Å². The Labute approximate surface area is 125 Å². The second-order valence-electron chi connectivity index (χ2n) is 5.75. The van der Waals surface area contributed by atoms with E-state index in [1.54, 1.807) is 6.07 Å². The Morgan fingerprint density at radius 2 is 2.14 bits per heavy atom. The molecule has 1 aliphatic rings. The molecule has 0 spiro atoms. The van der Waals surface area contributed by atoms with E-state index in [0.29, 0.717) is 12.6 Å². The zero-order valence-corrected chi connectivity index (χ0v) is 12.8. The van der Waals surface area contributed by atoms with Gasteiger partial charge in [-0.05, 0) is 36.5 Å². The highest BCUT2D eigenvalue weighted by Crippen LogP contribution is 2.27. The quantitative estimate of drug-likeness (QED) is 0.842. The number of hydrogen-bond donors (Lipinski definition) is 1. The van der Waals surface area contributed by atoms with Crippen molar-refractivity contribution < 1.29 is 13.9 Å². The molecule has 116 valence electrons. The largest absolute Gasteiger partial charge is 0.465 e. The van der Waals surface area contributed by atoms with Crippen molar-refractivity contribution in [1.82, 2.24) is 5.32 Å². The molecular formula is C17H24FNO2. The van der Waals surface area contributed by atoms with Gasteiger partial charge in [-0.25, -0.2) is 9.18 Å². The van der Waals surface area contributed by atoms with Gasteiger partial charge >= 0.3 is 5.97 Å². The molecule has 2 rings (SSSR count). The zero-order chi connectivity index (χ0) is 15.2. The van der Waals surface area contributed by atoms with Gasteiger partial charge in [-0.1, -0.05) is 32.3 Å². The number of carbonyl (C=O) groups excluding carboxylic acids is 1. The Bertz CT molecular complexity index is 490.